The fourth-order valence-corrected chi connectivity index (χ4v) is 9.00. The van der Waals surface area contributed by atoms with Crippen molar-refractivity contribution < 1.29 is 19.5 Å². The summed E-state index contributed by atoms with van der Waals surface area (Å²) in [4.78, 5) is 44.7. The molecule has 8 nitrogen and oxygen atoms in total. The van der Waals surface area contributed by atoms with Crippen molar-refractivity contribution in [2.75, 3.05) is 10.2 Å². The Labute approximate surface area is 398 Å². The molecule has 68 heavy (non-hydrogen) atoms. The van der Waals surface area contributed by atoms with Gasteiger partial charge in [0, 0.05) is 64.6 Å². The highest BCUT2D eigenvalue weighted by molar-refractivity contribution is 6.40. The summed E-state index contributed by atoms with van der Waals surface area (Å²) in [5, 5.41) is 18.4. The van der Waals surface area contributed by atoms with Gasteiger partial charge in [0.15, 0.2) is 0 Å². The fourth-order valence-electron chi connectivity index (χ4n) is 9.00. The van der Waals surface area contributed by atoms with E-state index < -0.39 is 5.78 Å². The van der Waals surface area contributed by atoms with E-state index in [1.807, 2.05) is 64.1 Å². The van der Waals surface area contributed by atoms with E-state index in [-0.39, 0.29) is 53.4 Å². The second-order valence-electron chi connectivity index (χ2n) is 18.3. The summed E-state index contributed by atoms with van der Waals surface area (Å²) in [5.74, 6) is -0.686. The molecule has 2 atom stereocenters. The second kappa shape index (κ2) is 19.0. The summed E-state index contributed by atoms with van der Waals surface area (Å²) < 4.78 is 2.10. The van der Waals surface area contributed by atoms with Crippen molar-refractivity contribution in [3.8, 4) is 0 Å². The third kappa shape index (κ3) is 9.58. The van der Waals surface area contributed by atoms with E-state index in [0.717, 1.165) is 67.5 Å². The Hall–Kier alpha value is -8.10. The molecule has 4 aliphatic rings. The molecular formula is C60H55N4O4+. The first-order valence-corrected chi connectivity index (χ1v) is 23.2. The number of benzene rings is 5. The predicted molar refractivity (Wildman–Crippen MR) is 277 cm³/mol. The SMILES string of the molecule is Cc1ccc(N(c2ccc(C)cc2)c2ccc(C3=C(O)/C(=C4/C=CC(=[N+](c5ccc(C)cc5)c5ccc(C)cc5)C=C4NC(=O)CC4=CC(C)C=C4)C3=O)c(NC(=O)CC3=CC(C)C=C3)c2)cc1. The Morgan fingerprint density at radius 2 is 1.06 bits per heavy atom. The average molecular weight is 896 g/mol. The molecule has 0 saturated carbocycles. The third-order valence-corrected chi connectivity index (χ3v) is 12.6. The Kier molecular flexibility index (Phi) is 12.6. The lowest BCUT2D eigenvalue weighted by Crippen LogP contribution is -2.31. The molecule has 0 saturated heterocycles. The van der Waals surface area contributed by atoms with Crippen LogP contribution in [-0.4, -0.2) is 28.4 Å². The number of Topliss-reactive ketones (excluding diaryl/α,β-unsaturated/α-hetero) is 1. The third-order valence-electron chi connectivity index (χ3n) is 12.6. The fraction of sp³-hybridized carbons (Fsp3) is 0.167. The summed E-state index contributed by atoms with van der Waals surface area (Å²) in [6, 6.07) is 38.4. The highest BCUT2D eigenvalue weighted by Gasteiger charge is 2.40. The lowest BCUT2D eigenvalue weighted by atomic mass is 9.78. The number of carbonyl (C=O) groups is 3. The van der Waals surface area contributed by atoms with E-state index in [0.29, 0.717) is 22.5 Å². The van der Waals surface area contributed by atoms with E-state index in [1.165, 1.54) is 0 Å². The van der Waals surface area contributed by atoms with Crippen LogP contribution in [0.25, 0.3) is 5.57 Å². The van der Waals surface area contributed by atoms with Crippen molar-refractivity contribution in [3.63, 3.8) is 0 Å². The minimum Gasteiger partial charge on any atom is -0.506 e. The van der Waals surface area contributed by atoms with Crippen LogP contribution < -0.4 is 20.1 Å². The molecule has 2 unspecified atom stereocenters. The number of carbonyl (C=O) groups excluding carboxylic acids is 3. The van der Waals surface area contributed by atoms with Crippen LogP contribution in [0.3, 0.4) is 0 Å². The van der Waals surface area contributed by atoms with Crippen LogP contribution in [0, 0.1) is 39.5 Å². The maximum absolute atomic E-state index is 14.8. The molecule has 5 aromatic rings. The first kappa shape index (κ1) is 45.1. The largest absolute Gasteiger partial charge is 0.506 e. The molecule has 0 aromatic heterocycles. The standard InChI is InChI=1S/C60H54N4O4/c1-37-9-19-45(20-10-37)63(46-21-11-38(2)12-22-46)49-27-29-51(53(35-49)61-55(65)33-43-17-7-41(5)31-43)57-59(67)58(60(57)68)52-30-28-50(36-54(52)62-56(66)34-44-18-8-42(6)32-44)64(47-23-13-39(3)14-24-47)48-25-15-40(4)16-26-48/h7-32,35-36,41-42H,33-34H2,1-6H3,(H2,61,62,65,66,67,68)/p+1. The molecule has 0 bridgehead atoms. The van der Waals surface area contributed by atoms with E-state index in [9.17, 15) is 19.5 Å². The first-order chi connectivity index (χ1) is 32.8. The maximum atomic E-state index is 14.8. The van der Waals surface area contributed by atoms with Gasteiger partial charge in [0.2, 0.25) is 34.7 Å². The van der Waals surface area contributed by atoms with Gasteiger partial charge in [0.05, 0.1) is 35.4 Å². The first-order valence-electron chi connectivity index (χ1n) is 23.2. The summed E-state index contributed by atoms with van der Waals surface area (Å²) in [7, 11) is 0. The van der Waals surface area contributed by atoms with Crippen molar-refractivity contribution in [1.29, 1.82) is 0 Å². The summed E-state index contributed by atoms with van der Waals surface area (Å²) in [6.45, 7) is 12.3. The minimum absolute atomic E-state index is 0.0743. The van der Waals surface area contributed by atoms with Gasteiger partial charge in [-0.3, -0.25) is 14.4 Å². The number of amides is 2. The Morgan fingerprint density at radius 3 is 1.53 bits per heavy atom. The highest BCUT2D eigenvalue weighted by Crippen LogP contribution is 2.45. The molecule has 5 aromatic carbocycles. The number of allylic oxidation sites excluding steroid dienone is 11. The normalized spacial score (nSPS) is 18.3. The zero-order valence-corrected chi connectivity index (χ0v) is 39.3. The van der Waals surface area contributed by atoms with Gasteiger partial charge in [-0.05, 0) is 99.2 Å². The lowest BCUT2D eigenvalue weighted by Gasteiger charge is -2.29. The quantitative estimate of drug-likeness (QED) is 0.0855. The number of aryl methyl sites for hydroxylation is 4. The molecule has 0 fully saturated rings. The molecule has 338 valence electrons. The number of hydrogen-bond donors (Lipinski definition) is 3. The van der Waals surface area contributed by atoms with Crippen LogP contribution >= 0.6 is 0 Å². The Balaban J connectivity index is 1.16. The second-order valence-corrected chi connectivity index (χ2v) is 18.3. The molecule has 0 spiro atoms. The van der Waals surface area contributed by atoms with Crippen LogP contribution in [0.15, 0.2) is 204 Å². The topological polar surface area (TPSA) is 102 Å². The zero-order chi connectivity index (χ0) is 47.6. The van der Waals surface area contributed by atoms with Gasteiger partial charge in [0.1, 0.15) is 5.76 Å². The Morgan fingerprint density at radius 1 is 0.588 bits per heavy atom. The van der Waals surface area contributed by atoms with Crippen molar-refractivity contribution in [2.45, 2.75) is 54.4 Å². The van der Waals surface area contributed by atoms with Crippen LogP contribution in [0.2, 0.25) is 0 Å². The average Bonchev–Trinajstić information content (AvgIpc) is 3.93. The Bertz CT molecular complexity index is 3060. The van der Waals surface area contributed by atoms with E-state index >= 15 is 0 Å². The number of nitrogens with one attached hydrogen (secondary N) is 2. The van der Waals surface area contributed by atoms with E-state index in [2.05, 4.69) is 155 Å². The summed E-state index contributed by atoms with van der Waals surface area (Å²) in [6.07, 6.45) is 18.0. The molecule has 0 heterocycles. The molecule has 3 N–H and O–H groups in total. The number of aliphatic hydroxyl groups is 1. The maximum Gasteiger partial charge on any atom is 0.228 e. The van der Waals surface area contributed by atoms with Crippen LogP contribution in [0.5, 0.6) is 0 Å². The molecule has 4 aliphatic carbocycles. The summed E-state index contributed by atoms with van der Waals surface area (Å²) >= 11 is 0. The number of anilines is 4. The van der Waals surface area contributed by atoms with Gasteiger partial charge >= 0.3 is 0 Å². The van der Waals surface area contributed by atoms with Crippen LogP contribution in [0.4, 0.5) is 34.1 Å². The number of aliphatic hydroxyl groups excluding tert-OH is 1. The van der Waals surface area contributed by atoms with E-state index in [1.54, 1.807) is 12.1 Å². The van der Waals surface area contributed by atoms with Gasteiger partial charge in [-0.1, -0.05) is 121 Å². The van der Waals surface area contributed by atoms with Crippen LogP contribution in [0.1, 0.15) is 54.5 Å². The molecular weight excluding hydrogens is 841 g/mol. The lowest BCUT2D eigenvalue weighted by molar-refractivity contribution is -0.119. The van der Waals surface area contributed by atoms with Crippen molar-refractivity contribution >= 4 is 63.0 Å². The van der Waals surface area contributed by atoms with Crippen molar-refractivity contribution in [2.24, 2.45) is 11.8 Å². The monoisotopic (exact) mass is 895 g/mol. The van der Waals surface area contributed by atoms with Crippen molar-refractivity contribution in [3.05, 3.63) is 232 Å². The number of rotatable bonds is 12. The number of nitrogens with zero attached hydrogens (tertiary/aromatic N) is 2. The van der Waals surface area contributed by atoms with Gasteiger partial charge in [-0.15, -0.1) is 0 Å². The number of ketones is 1. The smallest absolute Gasteiger partial charge is 0.228 e. The minimum atomic E-state index is -0.414. The van der Waals surface area contributed by atoms with E-state index in [4.69, 9.17) is 0 Å². The molecule has 8 heteroatoms. The predicted octanol–water partition coefficient (Wildman–Crippen LogP) is 13.1. The van der Waals surface area contributed by atoms with Gasteiger partial charge < -0.3 is 20.6 Å². The van der Waals surface area contributed by atoms with Gasteiger partial charge in [0.25, 0.3) is 0 Å². The number of hydrogen-bond acceptors (Lipinski definition) is 5. The molecule has 0 radical (unpaired) electrons. The van der Waals surface area contributed by atoms with Crippen molar-refractivity contribution in [1.82, 2.24) is 9.89 Å². The molecule has 9 rings (SSSR count). The molecule has 2 amide bonds. The van der Waals surface area contributed by atoms with Gasteiger partial charge in [-0.2, -0.15) is 4.58 Å². The van der Waals surface area contributed by atoms with Gasteiger partial charge in [-0.25, -0.2) is 0 Å². The van der Waals surface area contributed by atoms with Crippen LogP contribution in [-0.2, 0) is 14.4 Å². The summed E-state index contributed by atoms with van der Waals surface area (Å²) in [5.41, 5.74) is 13.1. The highest BCUT2D eigenvalue weighted by atomic mass is 16.3. The molecule has 0 aliphatic heterocycles. The zero-order valence-electron chi connectivity index (χ0n) is 39.3.